The fraction of sp³-hybridized carbons (Fsp3) is 0.167. The number of aromatic nitrogens is 2. The van der Waals surface area contributed by atoms with Crippen LogP contribution in [0.25, 0.3) is 10.6 Å². The molecule has 0 spiro atoms. The third kappa shape index (κ3) is 3.44. The Morgan fingerprint density at radius 3 is 2.62 bits per heavy atom. The van der Waals surface area contributed by atoms with Gasteiger partial charge in [0.2, 0.25) is 5.95 Å². The molecule has 0 saturated heterocycles. The molecule has 2 aromatic heterocycles. The summed E-state index contributed by atoms with van der Waals surface area (Å²) in [6, 6.07) is 13.5. The number of nitrogens with one attached hydrogen (secondary N) is 1. The van der Waals surface area contributed by atoms with Crippen LogP contribution < -0.4 is 5.32 Å². The molecule has 2 heterocycles. The van der Waals surface area contributed by atoms with Crippen molar-refractivity contribution < 1.29 is 9.53 Å². The van der Waals surface area contributed by atoms with Crippen LogP contribution in [0.1, 0.15) is 23.0 Å². The van der Waals surface area contributed by atoms with Crippen molar-refractivity contribution in [3.05, 3.63) is 59.1 Å². The molecular weight excluding hydrogens is 322 g/mol. The third-order valence-electron chi connectivity index (χ3n) is 3.35. The average Bonchev–Trinajstić information content (AvgIpc) is 3.09. The van der Waals surface area contributed by atoms with Gasteiger partial charge in [-0.25, -0.2) is 14.8 Å². The van der Waals surface area contributed by atoms with Gasteiger partial charge in [-0.2, -0.15) is 0 Å². The number of aryl methyl sites for hydroxylation is 1. The van der Waals surface area contributed by atoms with Crippen LogP contribution in [-0.4, -0.2) is 22.5 Å². The van der Waals surface area contributed by atoms with Crippen molar-refractivity contribution in [2.75, 3.05) is 11.9 Å². The Hall–Kier alpha value is -2.73. The van der Waals surface area contributed by atoms with Gasteiger partial charge in [0.15, 0.2) is 0 Å². The molecule has 5 nitrogen and oxygen atoms in total. The third-order valence-corrected chi connectivity index (χ3v) is 4.23. The molecule has 1 N–H and O–H groups in total. The summed E-state index contributed by atoms with van der Waals surface area (Å²) in [6.07, 6.45) is 0. The molecule has 0 saturated carbocycles. The Morgan fingerprint density at radius 1 is 1.17 bits per heavy atom. The maximum absolute atomic E-state index is 12.3. The summed E-state index contributed by atoms with van der Waals surface area (Å²) >= 11 is 1.52. The van der Waals surface area contributed by atoms with Crippen molar-refractivity contribution in [1.82, 2.24) is 9.97 Å². The second-order valence-electron chi connectivity index (χ2n) is 5.05. The van der Waals surface area contributed by atoms with E-state index >= 15 is 0 Å². The predicted octanol–water partition coefficient (Wildman–Crippen LogP) is 4.43. The SMILES string of the molecule is CCOC(=O)c1c(C)nc(Nc2ccccc2)nc1-c1cccs1. The molecule has 0 amide bonds. The molecule has 1 aromatic carbocycles. The highest BCUT2D eigenvalue weighted by Crippen LogP contribution is 2.30. The van der Waals surface area contributed by atoms with Crippen molar-refractivity contribution >= 4 is 28.9 Å². The minimum atomic E-state index is -0.398. The highest BCUT2D eigenvalue weighted by atomic mass is 32.1. The molecule has 122 valence electrons. The summed E-state index contributed by atoms with van der Waals surface area (Å²) in [5, 5.41) is 5.13. The summed E-state index contributed by atoms with van der Waals surface area (Å²) in [5.41, 5.74) is 2.48. The molecule has 0 fully saturated rings. The standard InChI is InChI=1S/C18H17N3O2S/c1-3-23-17(22)15-12(2)19-18(20-13-8-5-4-6-9-13)21-16(15)14-10-7-11-24-14/h4-11H,3H2,1-2H3,(H,19,20,21). The molecule has 0 bridgehead atoms. The number of rotatable bonds is 5. The normalized spacial score (nSPS) is 10.4. The van der Waals surface area contributed by atoms with Gasteiger partial charge in [0.1, 0.15) is 11.3 Å². The predicted molar refractivity (Wildman–Crippen MR) is 95.8 cm³/mol. The Labute approximate surface area is 144 Å². The number of hydrogen-bond donors (Lipinski definition) is 1. The lowest BCUT2D eigenvalue weighted by Gasteiger charge is -2.12. The van der Waals surface area contributed by atoms with E-state index in [1.54, 1.807) is 13.8 Å². The van der Waals surface area contributed by atoms with Crippen molar-refractivity contribution in [3.8, 4) is 10.6 Å². The number of ether oxygens (including phenoxy) is 1. The molecule has 0 radical (unpaired) electrons. The molecule has 0 unspecified atom stereocenters. The number of thiophene rings is 1. The summed E-state index contributed by atoms with van der Waals surface area (Å²) in [4.78, 5) is 22.2. The lowest BCUT2D eigenvalue weighted by molar-refractivity contribution is 0.0525. The summed E-state index contributed by atoms with van der Waals surface area (Å²) in [6.45, 7) is 3.89. The van der Waals surface area contributed by atoms with E-state index in [0.717, 1.165) is 10.6 Å². The fourth-order valence-electron chi connectivity index (χ4n) is 2.32. The molecule has 3 aromatic rings. The van der Waals surface area contributed by atoms with Gasteiger partial charge in [-0.1, -0.05) is 24.3 Å². The van der Waals surface area contributed by atoms with Crippen LogP contribution in [0.4, 0.5) is 11.6 Å². The molecule has 24 heavy (non-hydrogen) atoms. The molecule has 3 rings (SSSR count). The average molecular weight is 339 g/mol. The van der Waals surface area contributed by atoms with E-state index < -0.39 is 5.97 Å². The molecule has 0 aliphatic carbocycles. The molecule has 0 atom stereocenters. The lowest BCUT2D eigenvalue weighted by atomic mass is 10.1. The van der Waals surface area contributed by atoms with E-state index in [-0.39, 0.29) is 0 Å². The highest BCUT2D eigenvalue weighted by molar-refractivity contribution is 7.13. The topological polar surface area (TPSA) is 64.1 Å². The monoisotopic (exact) mass is 339 g/mol. The second-order valence-corrected chi connectivity index (χ2v) is 5.99. The largest absolute Gasteiger partial charge is 0.462 e. The van der Waals surface area contributed by atoms with Gasteiger partial charge in [-0.05, 0) is 37.4 Å². The number of hydrogen-bond acceptors (Lipinski definition) is 6. The fourth-order valence-corrected chi connectivity index (χ4v) is 3.04. The van der Waals surface area contributed by atoms with Crippen LogP contribution in [0, 0.1) is 6.92 Å². The van der Waals surface area contributed by atoms with Crippen LogP contribution in [0.2, 0.25) is 0 Å². The van der Waals surface area contributed by atoms with Gasteiger partial charge in [0.25, 0.3) is 0 Å². The summed E-state index contributed by atoms with van der Waals surface area (Å²) in [5.74, 6) is 0.0554. The first-order chi connectivity index (χ1) is 11.7. The Morgan fingerprint density at radius 2 is 1.96 bits per heavy atom. The second kappa shape index (κ2) is 7.23. The first-order valence-corrected chi connectivity index (χ1v) is 8.48. The minimum Gasteiger partial charge on any atom is -0.462 e. The van der Waals surface area contributed by atoms with Gasteiger partial charge < -0.3 is 10.1 Å². The maximum Gasteiger partial charge on any atom is 0.342 e. The van der Waals surface area contributed by atoms with Crippen molar-refractivity contribution in [2.24, 2.45) is 0 Å². The van der Waals surface area contributed by atoms with Crippen molar-refractivity contribution in [2.45, 2.75) is 13.8 Å². The number of para-hydroxylation sites is 1. The number of nitrogens with zero attached hydrogens (tertiary/aromatic N) is 2. The van der Waals surface area contributed by atoms with Gasteiger partial charge in [0, 0.05) is 5.69 Å². The van der Waals surface area contributed by atoms with Gasteiger partial charge in [0.05, 0.1) is 17.2 Å². The first-order valence-electron chi connectivity index (χ1n) is 7.60. The van der Waals surface area contributed by atoms with E-state index in [2.05, 4.69) is 15.3 Å². The smallest absolute Gasteiger partial charge is 0.342 e. The zero-order chi connectivity index (χ0) is 16.9. The Bertz CT molecular complexity index is 833. The summed E-state index contributed by atoms with van der Waals surface area (Å²) in [7, 11) is 0. The number of benzene rings is 1. The Balaban J connectivity index is 2.06. The number of carbonyl (C=O) groups is 1. The number of anilines is 2. The molecular formula is C18H17N3O2S. The van der Waals surface area contributed by atoms with Crippen LogP contribution >= 0.6 is 11.3 Å². The number of carbonyl (C=O) groups excluding carboxylic acids is 1. The lowest BCUT2D eigenvalue weighted by Crippen LogP contribution is -2.12. The van der Waals surface area contributed by atoms with E-state index in [4.69, 9.17) is 4.74 Å². The summed E-state index contributed by atoms with van der Waals surface area (Å²) < 4.78 is 5.17. The van der Waals surface area contributed by atoms with Crippen LogP contribution in [0.5, 0.6) is 0 Å². The maximum atomic E-state index is 12.3. The molecule has 0 aliphatic rings. The van der Waals surface area contributed by atoms with E-state index in [1.807, 2.05) is 47.8 Å². The van der Waals surface area contributed by atoms with E-state index in [1.165, 1.54) is 11.3 Å². The Kier molecular flexibility index (Phi) is 4.86. The molecule has 6 heteroatoms. The minimum absolute atomic E-state index is 0.312. The van der Waals surface area contributed by atoms with Gasteiger partial charge in [-0.3, -0.25) is 0 Å². The van der Waals surface area contributed by atoms with Crippen molar-refractivity contribution in [3.63, 3.8) is 0 Å². The first kappa shape index (κ1) is 16.1. The van der Waals surface area contributed by atoms with Gasteiger partial charge in [-0.15, -0.1) is 11.3 Å². The van der Waals surface area contributed by atoms with Gasteiger partial charge >= 0.3 is 5.97 Å². The van der Waals surface area contributed by atoms with Crippen LogP contribution in [0.15, 0.2) is 47.8 Å². The number of esters is 1. The van der Waals surface area contributed by atoms with Crippen molar-refractivity contribution in [1.29, 1.82) is 0 Å². The van der Waals surface area contributed by atoms with E-state index in [9.17, 15) is 4.79 Å². The van der Waals surface area contributed by atoms with Crippen LogP contribution in [-0.2, 0) is 4.74 Å². The van der Waals surface area contributed by atoms with Crippen LogP contribution in [0.3, 0.4) is 0 Å². The quantitative estimate of drug-likeness (QED) is 0.697. The van der Waals surface area contributed by atoms with E-state index in [0.29, 0.717) is 29.5 Å². The highest BCUT2D eigenvalue weighted by Gasteiger charge is 2.21. The zero-order valence-corrected chi connectivity index (χ0v) is 14.3. The molecule has 0 aliphatic heterocycles. The zero-order valence-electron chi connectivity index (χ0n) is 13.4.